The van der Waals surface area contributed by atoms with Gasteiger partial charge in [-0.1, -0.05) is 5.21 Å². The number of amides is 1. The summed E-state index contributed by atoms with van der Waals surface area (Å²) in [5.41, 5.74) is 0.754. The summed E-state index contributed by atoms with van der Waals surface area (Å²) in [5.74, 6) is -0.00547. The van der Waals surface area contributed by atoms with Crippen LogP contribution < -0.4 is 10.6 Å². The Morgan fingerprint density at radius 2 is 2.43 bits per heavy atom. The summed E-state index contributed by atoms with van der Waals surface area (Å²) in [4.78, 5) is 10.9. The molecule has 0 radical (unpaired) electrons. The zero-order valence-corrected chi connectivity index (χ0v) is 8.19. The third-order valence-corrected chi connectivity index (χ3v) is 2.12. The first kappa shape index (κ1) is 9.14. The summed E-state index contributed by atoms with van der Waals surface area (Å²) in [5, 5.41) is 13.7. The highest BCUT2D eigenvalue weighted by Crippen LogP contribution is 2.11. The lowest BCUT2D eigenvalue weighted by atomic mass is 10.3. The highest BCUT2D eigenvalue weighted by molar-refractivity contribution is 5.80. The van der Waals surface area contributed by atoms with Crippen molar-refractivity contribution in [2.24, 2.45) is 0 Å². The van der Waals surface area contributed by atoms with E-state index in [-0.39, 0.29) is 18.1 Å². The molecule has 14 heavy (non-hydrogen) atoms. The maximum Gasteiger partial charge on any atom is 0.235 e. The van der Waals surface area contributed by atoms with E-state index in [1.165, 1.54) is 0 Å². The molecule has 1 amide bonds. The summed E-state index contributed by atoms with van der Waals surface area (Å²) in [6.45, 7) is 4.40. The molecule has 0 aliphatic carbocycles. The molecule has 1 aromatic rings. The molecule has 1 saturated heterocycles. The van der Waals surface area contributed by atoms with Crippen LogP contribution in [0.3, 0.4) is 0 Å². The Bertz CT molecular complexity index is 345. The van der Waals surface area contributed by atoms with Gasteiger partial charge in [0.25, 0.3) is 0 Å². The van der Waals surface area contributed by atoms with Crippen LogP contribution in [0.15, 0.2) is 6.20 Å². The topological polar surface area (TPSA) is 71.8 Å². The average Bonchev–Trinajstić information content (AvgIpc) is 2.70. The number of rotatable bonds is 2. The summed E-state index contributed by atoms with van der Waals surface area (Å²) in [7, 11) is 0. The molecule has 6 heteroatoms. The quantitative estimate of drug-likeness (QED) is 0.672. The van der Waals surface area contributed by atoms with Crippen molar-refractivity contribution >= 4 is 5.91 Å². The second-order valence-corrected chi connectivity index (χ2v) is 3.60. The minimum absolute atomic E-state index is 0.00547. The molecule has 1 aliphatic heterocycles. The normalized spacial score (nSPS) is 21.6. The van der Waals surface area contributed by atoms with E-state index in [4.69, 9.17) is 0 Å². The molecule has 76 valence electrons. The van der Waals surface area contributed by atoms with E-state index in [2.05, 4.69) is 20.9 Å². The Morgan fingerprint density at radius 1 is 1.64 bits per heavy atom. The van der Waals surface area contributed by atoms with Crippen molar-refractivity contribution in [3.63, 3.8) is 0 Å². The minimum atomic E-state index is -0.185. The van der Waals surface area contributed by atoms with Crippen LogP contribution in [0.2, 0.25) is 0 Å². The first-order valence-corrected chi connectivity index (χ1v) is 4.61. The van der Waals surface area contributed by atoms with E-state index in [1.807, 2.05) is 20.0 Å². The van der Waals surface area contributed by atoms with Crippen LogP contribution in [0.1, 0.15) is 31.7 Å². The van der Waals surface area contributed by atoms with Crippen LogP contribution in [-0.4, -0.2) is 27.4 Å². The Morgan fingerprint density at radius 3 is 2.93 bits per heavy atom. The summed E-state index contributed by atoms with van der Waals surface area (Å²) in [6, 6.07) is 0.286. The molecule has 1 unspecified atom stereocenters. The number of hydrogen-bond donors (Lipinski definition) is 2. The van der Waals surface area contributed by atoms with Gasteiger partial charge in [-0.2, -0.15) is 0 Å². The van der Waals surface area contributed by atoms with Crippen molar-refractivity contribution in [1.82, 2.24) is 25.6 Å². The monoisotopic (exact) mass is 195 g/mol. The zero-order chi connectivity index (χ0) is 10.1. The smallest absolute Gasteiger partial charge is 0.235 e. The first-order chi connectivity index (χ1) is 6.66. The third-order valence-electron chi connectivity index (χ3n) is 2.12. The molecular formula is C8H13N5O. The standard InChI is InChI=1S/C8H13N5O/c1-5(2)13-4-6(11-12-13)8-9-3-7(14)10-8/h4-5,8-9H,3H2,1-2H3,(H,10,14). The molecule has 2 rings (SSSR count). The van der Waals surface area contributed by atoms with E-state index < -0.39 is 0 Å². The van der Waals surface area contributed by atoms with Crippen LogP contribution in [0.5, 0.6) is 0 Å². The predicted octanol–water partition coefficient (Wildman–Crippen LogP) is -0.423. The van der Waals surface area contributed by atoms with Gasteiger partial charge in [-0.25, -0.2) is 4.68 Å². The number of carbonyl (C=O) groups is 1. The van der Waals surface area contributed by atoms with Crippen LogP contribution in [-0.2, 0) is 4.79 Å². The van der Waals surface area contributed by atoms with Gasteiger partial charge in [0.2, 0.25) is 5.91 Å². The predicted molar refractivity (Wildman–Crippen MR) is 49.3 cm³/mol. The molecule has 0 saturated carbocycles. The molecule has 6 nitrogen and oxygen atoms in total. The first-order valence-electron chi connectivity index (χ1n) is 4.61. The fraction of sp³-hybridized carbons (Fsp3) is 0.625. The van der Waals surface area contributed by atoms with Gasteiger partial charge in [0.1, 0.15) is 11.9 Å². The van der Waals surface area contributed by atoms with Crippen LogP contribution in [0.4, 0.5) is 0 Å². The Balaban J connectivity index is 2.13. The van der Waals surface area contributed by atoms with Gasteiger partial charge in [-0.15, -0.1) is 5.10 Å². The van der Waals surface area contributed by atoms with Gasteiger partial charge < -0.3 is 5.32 Å². The summed E-state index contributed by atoms with van der Waals surface area (Å²) in [6.07, 6.45) is 1.66. The molecule has 0 aromatic carbocycles. The van der Waals surface area contributed by atoms with Gasteiger partial charge in [-0.05, 0) is 13.8 Å². The lowest BCUT2D eigenvalue weighted by Gasteiger charge is -2.05. The maximum absolute atomic E-state index is 10.9. The number of aromatic nitrogens is 3. The van der Waals surface area contributed by atoms with Gasteiger partial charge in [0, 0.05) is 6.04 Å². The van der Waals surface area contributed by atoms with Crippen molar-refractivity contribution in [2.45, 2.75) is 26.1 Å². The average molecular weight is 195 g/mol. The largest absolute Gasteiger partial charge is 0.334 e. The van der Waals surface area contributed by atoms with Crippen LogP contribution in [0.25, 0.3) is 0 Å². The van der Waals surface area contributed by atoms with Crippen molar-refractivity contribution in [1.29, 1.82) is 0 Å². The van der Waals surface area contributed by atoms with Gasteiger partial charge in [-0.3, -0.25) is 10.1 Å². The molecule has 1 atom stereocenters. The number of carbonyl (C=O) groups excluding carboxylic acids is 1. The summed E-state index contributed by atoms with van der Waals surface area (Å²) < 4.78 is 1.77. The molecular weight excluding hydrogens is 182 g/mol. The number of nitrogens with one attached hydrogen (secondary N) is 2. The Labute approximate surface area is 81.7 Å². The molecule has 1 aromatic heterocycles. The maximum atomic E-state index is 10.9. The van der Waals surface area contributed by atoms with Crippen LogP contribution >= 0.6 is 0 Å². The van der Waals surface area contributed by atoms with Crippen molar-refractivity contribution in [3.05, 3.63) is 11.9 Å². The van der Waals surface area contributed by atoms with Crippen molar-refractivity contribution < 1.29 is 4.79 Å². The molecule has 2 N–H and O–H groups in total. The molecule has 1 aliphatic rings. The Kier molecular flexibility index (Phi) is 2.20. The third kappa shape index (κ3) is 1.60. The van der Waals surface area contributed by atoms with E-state index in [0.29, 0.717) is 6.54 Å². The SMILES string of the molecule is CC(C)n1cc(C2NCC(=O)N2)nn1. The zero-order valence-electron chi connectivity index (χ0n) is 8.19. The lowest BCUT2D eigenvalue weighted by Crippen LogP contribution is -2.23. The molecule has 0 spiro atoms. The second-order valence-electron chi connectivity index (χ2n) is 3.60. The lowest BCUT2D eigenvalue weighted by molar-refractivity contribution is -0.118. The van der Waals surface area contributed by atoms with Gasteiger partial charge >= 0.3 is 0 Å². The molecule has 2 heterocycles. The van der Waals surface area contributed by atoms with E-state index in [9.17, 15) is 4.79 Å². The highest BCUT2D eigenvalue weighted by Gasteiger charge is 2.23. The molecule has 1 fully saturated rings. The fourth-order valence-corrected chi connectivity index (χ4v) is 1.31. The minimum Gasteiger partial charge on any atom is -0.334 e. The van der Waals surface area contributed by atoms with Crippen LogP contribution in [0, 0.1) is 0 Å². The van der Waals surface area contributed by atoms with E-state index in [1.54, 1.807) is 4.68 Å². The summed E-state index contributed by atoms with van der Waals surface area (Å²) >= 11 is 0. The highest BCUT2D eigenvalue weighted by atomic mass is 16.2. The van der Waals surface area contributed by atoms with Gasteiger partial charge in [0.05, 0.1) is 12.7 Å². The van der Waals surface area contributed by atoms with Gasteiger partial charge in [0.15, 0.2) is 0 Å². The second kappa shape index (κ2) is 3.38. The fourth-order valence-electron chi connectivity index (χ4n) is 1.31. The van der Waals surface area contributed by atoms with E-state index >= 15 is 0 Å². The number of hydrogen-bond acceptors (Lipinski definition) is 4. The van der Waals surface area contributed by atoms with Crippen molar-refractivity contribution in [3.8, 4) is 0 Å². The number of nitrogens with zero attached hydrogens (tertiary/aromatic N) is 3. The molecule has 0 bridgehead atoms. The van der Waals surface area contributed by atoms with E-state index in [0.717, 1.165) is 5.69 Å². The van der Waals surface area contributed by atoms with Crippen molar-refractivity contribution in [2.75, 3.05) is 6.54 Å². The Hall–Kier alpha value is -1.43.